The molecule has 0 aromatic heterocycles. The number of benzene rings is 1. The highest BCUT2D eigenvalue weighted by Crippen LogP contribution is 2.29. The molecule has 0 heterocycles. The fourth-order valence-corrected chi connectivity index (χ4v) is 1.25. The molecule has 0 fully saturated rings. The van der Waals surface area contributed by atoms with Gasteiger partial charge in [0, 0.05) is 5.56 Å². The molecule has 56 valence electrons. The number of halogens is 1. The highest BCUT2D eigenvalue weighted by Gasteiger charge is 2.11. The summed E-state index contributed by atoms with van der Waals surface area (Å²) in [6.07, 6.45) is 4.21. The SMILES string of the molecule is Fc1ccccc1C1=CCC1. The number of hydrogen-bond acceptors (Lipinski definition) is 0. The minimum absolute atomic E-state index is 0.0987. The predicted octanol–water partition coefficient (Wildman–Crippen LogP) is 3.00. The number of allylic oxidation sites excluding steroid dienone is 2. The first-order valence-electron chi connectivity index (χ1n) is 3.82. The topological polar surface area (TPSA) is 0 Å². The minimum Gasteiger partial charge on any atom is -0.206 e. The molecular formula is C10H9F. The molecule has 1 heteroatoms. The maximum atomic E-state index is 13.0. The molecule has 0 saturated heterocycles. The Bertz CT molecular complexity index is 299. The van der Waals surface area contributed by atoms with Crippen molar-refractivity contribution >= 4 is 5.57 Å². The summed E-state index contributed by atoms with van der Waals surface area (Å²) in [5.41, 5.74) is 1.93. The van der Waals surface area contributed by atoms with E-state index in [-0.39, 0.29) is 5.82 Å². The molecule has 1 aromatic rings. The van der Waals surface area contributed by atoms with Crippen molar-refractivity contribution in [1.82, 2.24) is 0 Å². The van der Waals surface area contributed by atoms with Crippen LogP contribution >= 0.6 is 0 Å². The van der Waals surface area contributed by atoms with Crippen LogP contribution in [0, 0.1) is 5.82 Å². The molecule has 1 aliphatic carbocycles. The van der Waals surface area contributed by atoms with Crippen molar-refractivity contribution in [3.63, 3.8) is 0 Å². The standard InChI is InChI=1S/C10H9F/c11-10-7-2-1-6-9(10)8-4-3-5-8/h1-2,4,6-7H,3,5H2. The largest absolute Gasteiger partial charge is 0.206 e. The van der Waals surface area contributed by atoms with Crippen LogP contribution in [0.4, 0.5) is 4.39 Å². The third kappa shape index (κ3) is 1.07. The van der Waals surface area contributed by atoms with Gasteiger partial charge in [-0.05, 0) is 24.5 Å². The fourth-order valence-electron chi connectivity index (χ4n) is 1.25. The second kappa shape index (κ2) is 2.50. The van der Waals surface area contributed by atoms with Crippen molar-refractivity contribution < 1.29 is 4.39 Å². The van der Waals surface area contributed by atoms with Crippen LogP contribution in [0.25, 0.3) is 5.57 Å². The normalized spacial score (nSPS) is 15.5. The van der Waals surface area contributed by atoms with E-state index in [1.54, 1.807) is 6.07 Å². The summed E-state index contributed by atoms with van der Waals surface area (Å²) in [7, 11) is 0. The van der Waals surface area contributed by atoms with Crippen LogP contribution in [0.5, 0.6) is 0 Å². The molecule has 2 rings (SSSR count). The Morgan fingerprint density at radius 3 is 2.45 bits per heavy atom. The van der Waals surface area contributed by atoms with E-state index in [0.29, 0.717) is 0 Å². The molecule has 0 amide bonds. The zero-order valence-electron chi connectivity index (χ0n) is 6.18. The van der Waals surface area contributed by atoms with Gasteiger partial charge in [-0.3, -0.25) is 0 Å². The van der Waals surface area contributed by atoms with Gasteiger partial charge in [-0.2, -0.15) is 0 Å². The van der Waals surface area contributed by atoms with E-state index in [1.807, 2.05) is 12.1 Å². The molecule has 0 atom stereocenters. The van der Waals surface area contributed by atoms with Gasteiger partial charge < -0.3 is 0 Å². The first kappa shape index (κ1) is 6.59. The molecule has 1 aromatic carbocycles. The molecule has 1 aliphatic rings. The van der Waals surface area contributed by atoms with Crippen LogP contribution in [-0.4, -0.2) is 0 Å². The van der Waals surface area contributed by atoms with E-state index in [1.165, 1.54) is 6.07 Å². The fraction of sp³-hybridized carbons (Fsp3) is 0.200. The number of hydrogen-bond donors (Lipinski definition) is 0. The van der Waals surface area contributed by atoms with Crippen molar-refractivity contribution in [2.24, 2.45) is 0 Å². The van der Waals surface area contributed by atoms with Crippen LogP contribution < -0.4 is 0 Å². The van der Waals surface area contributed by atoms with Gasteiger partial charge in [-0.25, -0.2) is 4.39 Å². The molecule has 0 saturated carbocycles. The van der Waals surface area contributed by atoms with Gasteiger partial charge in [-0.1, -0.05) is 24.3 Å². The van der Waals surface area contributed by atoms with Crippen molar-refractivity contribution in [2.75, 3.05) is 0 Å². The average molecular weight is 148 g/mol. The van der Waals surface area contributed by atoms with Crippen LogP contribution in [0.15, 0.2) is 30.3 Å². The summed E-state index contributed by atoms with van der Waals surface area (Å²) in [6, 6.07) is 6.93. The van der Waals surface area contributed by atoms with E-state index in [0.717, 1.165) is 24.0 Å². The monoisotopic (exact) mass is 148 g/mol. The Morgan fingerprint density at radius 1 is 1.18 bits per heavy atom. The summed E-state index contributed by atoms with van der Waals surface area (Å²) in [5.74, 6) is -0.0987. The highest BCUT2D eigenvalue weighted by molar-refractivity contribution is 5.70. The van der Waals surface area contributed by atoms with E-state index >= 15 is 0 Å². The van der Waals surface area contributed by atoms with Gasteiger partial charge in [0.2, 0.25) is 0 Å². The molecule has 0 aliphatic heterocycles. The molecule has 0 bridgehead atoms. The van der Waals surface area contributed by atoms with Crippen LogP contribution in [0.3, 0.4) is 0 Å². The Labute approximate surface area is 65.4 Å². The van der Waals surface area contributed by atoms with Gasteiger partial charge in [0.05, 0.1) is 0 Å². The van der Waals surface area contributed by atoms with Gasteiger partial charge in [0.1, 0.15) is 5.82 Å². The molecule has 11 heavy (non-hydrogen) atoms. The second-order valence-corrected chi connectivity index (χ2v) is 2.75. The molecule has 0 nitrogen and oxygen atoms in total. The Morgan fingerprint density at radius 2 is 1.91 bits per heavy atom. The Balaban J connectivity index is 2.44. The maximum absolute atomic E-state index is 13.0. The van der Waals surface area contributed by atoms with Gasteiger partial charge in [-0.15, -0.1) is 0 Å². The lowest BCUT2D eigenvalue weighted by Crippen LogP contribution is -1.95. The molecule has 0 radical (unpaired) electrons. The van der Waals surface area contributed by atoms with E-state index < -0.39 is 0 Å². The van der Waals surface area contributed by atoms with Gasteiger partial charge in [0.25, 0.3) is 0 Å². The lowest BCUT2D eigenvalue weighted by Gasteiger charge is -2.14. The van der Waals surface area contributed by atoms with Crippen molar-refractivity contribution in [1.29, 1.82) is 0 Å². The summed E-state index contributed by atoms with van der Waals surface area (Å²) in [5, 5.41) is 0. The lowest BCUT2D eigenvalue weighted by molar-refractivity contribution is 0.622. The summed E-state index contributed by atoms with van der Waals surface area (Å²) in [6.45, 7) is 0. The zero-order chi connectivity index (χ0) is 7.68. The smallest absolute Gasteiger partial charge is 0.130 e. The highest BCUT2D eigenvalue weighted by atomic mass is 19.1. The van der Waals surface area contributed by atoms with E-state index in [4.69, 9.17) is 0 Å². The third-order valence-electron chi connectivity index (χ3n) is 2.02. The maximum Gasteiger partial charge on any atom is 0.130 e. The van der Waals surface area contributed by atoms with E-state index in [9.17, 15) is 4.39 Å². The van der Waals surface area contributed by atoms with Gasteiger partial charge >= 0.3 is 0 Å². The predicted molar refractivity (Wildman–Crippen MR) is 43.6 cm³/mol. The molecular weight excluding hydrogens is 139 g/mol. The summed E-state index contributed by atoms with van der Waals surface area (Å²) in [4.78, 5) is 0. The second-order valence-electron chi connectivity index (χ2n) is 2.75. The van der Waals surface area contributed by atoms with Crippen LogP contribution in [0.2, 0.25) is 0 Å². The minimum atomic E-state index is -0.0987. The molecule has 0 N–H and O–H groups in total. The van der Waals surface area contributed by atoms with Gasteiger partial charge in [0.15, 0.2) is 0 Å². The van der Waals surface area contributed by atoms with Crippen LogP contribution in [0.1, 0.15) is 18.4 Å². The van der Waals surface area contributed by atoms with Crippen molar-refractivity contribution in [2.45, 2.75) is 12.8 Å². The zero-order valence-corrected chi connectivity index (χ0v) is 6.18. The lowest BCUT2D eigenvalue weighted by atomic mass is 9.92. The average Bonchev–Trinajstić information content (AvgIpc) is 1.90. The Kier molecular flexibility index (Phi) is 1.50. The van der Waals surface area contributed by atoms with E-state index in [2.05, 4.69) is 6.08 Å². The first-order valence-corrected chi connectivity index (χ1v) is 3.82. The van der Waals surface area contributed by atoms with Crippen molar-refractivity contribution in [3.8, 4) is 0 Å². The quantitative estimate of drug-likeness (QED) is 0.574. The molecule has 0 spiro atoms. The third-order valence-corrected chi connectivity index (χ3v) is 2.02. The summed E-state index contributed by atoms with van der Waals surface area (Å²) >= 11 is 0. The van der Waals surface area contributed by atoms with Crippen LogP contribution in [-0.2, 0) is 0 Å². The first-order chi connectivity index (χ1) is 5.38. The van der Waals surface area contributed by atoms with Crippen molar-refractivity contribution in [3.05, 3.63) is 41.7 Å². The summed E-state index contributed by atoms with van der Waals surface area (Å²) < 4.78 is 13.0. The molecule has 0 unspecified atom stereocenters. The number of rotatable bonds is 1. The Hall–Kier alpha value is -1.11.